The molecule has 2 aromatic heterocycles. The third-order valence-corrected chi connectivity index (χ3v) is 5.65. The van der Waals surface area contributed by atoms with Crippen molar-refractivity contribution in [2.75, 3.05) is 20.0 Å². The van der Waals surface area contributed by atoms with Gasteiger partial charge in [-0.1, -0.05) is 30.3 Å². The SMILES string of the molecule is COc1ccc(CNC(=O)c2c(N)n(-c3cccc(OC)c3)c3nc4ccccc4nc23)cc1. The molecular weight excluding hydrogens is 430 g/mol. The Hall–Kier alpha value is -4.59. The van der Waals surface area contributed by atoms with Crippen LogP contribution in [-0.2, 0) is 6.54 Å². The molecule has 3 N–H and O–H groups in total. The Morgan fingerprint density at radius 3 is 2.32 bits per heavy atom. The standard InChI is InChI=1S/C26H23N5O3/c1-33-18-12-10-16(11-13-18)15-28-26(32)22-23-25(30-21-9-4-3-8-20(21)29-23)31(24(22)27)17-6-5-7-19(14-17)34-2/h3-14H,15,27H2,1-2H3,(H,28,32). The number of nitrogen functional groups attached to an aromatic ring is 1. The summed E-state index contributed by atoms with van der Waals surface area (Å²) >= 11 is 0. The topological polar surface area (TPSA) is 104 Å². The van der Waals surface area contributed by atoms with Crippen molar-refractivity contribution in [1.82, 2.24) is 19.9 Å². The number of ether oxygens (including phenoxy) is 2. The van der Waals surface area contributed by atoms with E-state index in [4.69, 9.17) is 25.2 Å². The van der Waals surface area contributed by atoms with Gasteiger partial charge >= 0.3 is 0 Å². The Bertz CT molecular complexity index is 1510. The average Bonchev–Trinajstić information content (AvgIpc) is 3.16. The van der Waals surface area contributed by atoms with E-state index < -0.39 is 0 Å². The molecule has 0 fully saturated rings. The Labute approximate surface area is 196 Å². The summed E-state index contributed by atoms with van der Waals surface area (Å²) in [5.41, 5.74) is 10.8. The van der Waals surface area contributed by atoms with E-state index in [-0.39, 0.29) is 17.3 Å². The molecular formula is C26H23N5O3. The van der Waals surface area contributed by atoms with Crippen LogP contribution in [0, 0.1) is 0 Å². The maximum absolute atomic E-state index is 13.4. The molecule has 8 heteroatoms. The minimum Gasteiger partial charge on any atom is -0.497 e. The Morgan fingerprint density at radius 2 is 1.62 bits per heavy atom. The van der Waals surface area contributed by atoms with Crippen molar-refractivity contribution in [1.29, 1.82) is 0 Å². The number of fused-ring (bicyclic) bond motifs is 2. The van der Waals surface area contributed by atoms with Gasteiger partial charge in [0, 0.05) is 12.6 Å². The summed E-state index contributed by atoms with van der Waals surface area (Å²) in [4.78, 5) is 22.9. The van der Waals surface area contributed by atoms with Gasteiger partial charge in [-0.25, -0.2) is 9.97 Å². The van der Waals surface area contributed by atoms with Crippen molar-refractivity contribution >= 4 is 33.9 Å². The predicted molar refractivity (Wildman–Crippen MR) is 131 cm³/mol. The van der Waals surface area contributed by atoms with Crippen molar-refractivity contribution in [2.24, 2.45) is 0 Å². The molecule has 0 saturated heterocycles. The monoisotopic (exact) mass is 453 g/mol. The van der Waals surface area contributed by atoms with Gasteiger partial charge in [-0.2, -0.15) is 0 Å². The zero-order valence-electron chi connectivity index (χ0n) is 18.8. The predicted octanol–water partition coefficient (Wildman–Crippen LogP) is 4.10. The largest absolute Gasteiger partial charge is 0.497 e. The zero-order valence-corrected chi connectivity index (χ0v) is 18.8. The lowest BCUT2D eigenvalue weighted by molar-refractivity contribution is 0.0953. The lowest BCUT2D eigenvalue weighted by Crippen LogP contribution is -2.24. The van der Waals surface area contributed by atoms with E-state index in [1.165, 1.54) is 0 Å². The molecule has 0 aliphatic heterocycles. The molecule has 0 saturated carbocycles. The quantitative estimate of drug-likeness (QED) is 0.401. The number of hydrogen-bond donors (Lipinski definition) is 2. The molecule has 5 rings (SSSR count). The lowest BCUT2D eigenvalue weighted by atomic mass is 10.2. The van der Waals surface area contributed by atoms with Gasteiger partial charge in [0.1, 0.15) is 28.4 Å². The van der Waals surface area contributed by atoms with Crippen LogP contribution in [0.15, 0.2) is 72.8 Å². The molecule has 8 nitrogen and oxygen atoms in total. The number of nitrogens with two attached hydrogens (primary N) is 1. The summed E-state index contributed by atoms with van der Waals surface area (Å²) in [5, 5.41) is 2.96. The highest BCUT2D eigenvalue weighted by molar-refractivity contribution is 6.11. The van der Waals surface area contributed by atoms with E-state index in [2.05, 4.69) is 5.32 Å². The Kier molecular flexibility index (Phi) is 5.47. The van der Waals surface area contributed by atoms with E-state index in [0.717, 1.165) is 17.0 Å². The summed E-state index contributed by atoms with van der Waals surface area (Å²) in [6.07, 6.45) is 0. The maximum Gasteiger partial charge on any atom is 0.257 e. The number of nitrogens with one attached hydrogen (secondary N) is 1. The lowest BCUT2D eigenvalue weighted by Gasteiger charge is -2.10. The molecule has 0 atom stereocenters. The highest BCUT2D eigenvalue weighted by Crippen LogP contribution is 2.32. The van der Waals surface area contributed by atoms with Gasteiger partial charge in [0.05, 0.1) is 30.9 Å². The van der Waals surface area contributed by atoms with Gasteiger partial charge < -0.3 is 20.5 Å². The molecule has 0 radical (unpaired) electrons. The summed E-state index contributed by atoms with van der Waals surface area (Å²) in [6.45, 7) is 0.328. The van der Waals surface area contributed by atoms with Crippen LogP contribution in [-0.4, -0.2) is 34.7 Å². The number of carbonyl (C=O) groups is 1. The van der Waals surface area contributed by atoms with Gasteiger partial charge in [0.2, 0.25) is 0 Å². The fourth-order valence-electron chi connectivity index (χ4n) is 3.91. The Morgan fingerprint density at radius 1 is 0.912 bits per heavy atom. The third kappa shape index (κ3) is 3.75. The van der Waals surface area contributed by atoms with Gasteiger partial charge in [-0.3, -0.25) is 9.36 Å². The maximum atomic E-state index is 13.4. The average molecular weight is 454 g/mol. The first-order chi connectivity index (χ1) is 16.6. The van der Waals surface area contributed by atoms with Crippen LogP contribution >= 0.6 is 0 Å². The van der Waals surface area contributed by atoms with Crippen molar-refractivity contribution < 1.29 is 14.3 Å². The first kappa shape index (κ1) is 21.3. The highest BCUT2D eigenvalue weighted by Gasteiger charge is 2.25. The van der Waals surface area contributed by atoms with E-state index >= 15 is 0 Å². The number of carbonyl (C=O) groups excluding carboxylic acids is 1. The Balaban J connectivity index is 1.62. The fraction of sp³-hybridized carbons (Fsp3) is 0.115. The second-order valence-electron chi connectivity index (χ2n) is 7.71. The van der Waals surface area contributed by atoms with Crippen LogP contribution in [0.5, 0.6) is 11.5 Å². The third-order valence-electron chi connectivity index (χ3n) is 5.65. The molecule has 2 heterocycles. The van der Waals surface area contributed by atoms with Crippen LogP contribution in [0.1, 0.15) is 15.9 Å². The number of rotatable bonds is 6. The number of methoxy groups -OCH3 is 2. The van der Waals surface area contributed by atoms with E-state index in [1.54, 1.807) is 18.8 Å². The first-order valence-electron chi connectivity index (χ1n) is 10.7. The highest BCUT2D eigenvalue weighted by atomic mass is 16.5. The van der Waals surface area contributed by atoms with Crippen LogP contribution in [0.2, 0.25) is 0 Å². The number of amides is 1. The van der Waals surface area contributed by atoms with Crippen molar-refractivity contribution in [3.8, 4) is 17.2 Å². The van der Waals surface area contributed by atoms with E-state index in [1.807, 2.05) is 72.8 Å². The molecule has 170 valence electrons. The number of nitrogens with zero attached hydrogens (tertiary/aromatic N) is 3. The fourth-order valence-corrected chi connectivity index (χ4v) is 3.91. The van der Waals surface area contributed by atoms with Crippen LogP contribution < -0.4 is 20.5 Å². The molecule has 5 aromatic rings. The molecule has 0 aliphatic carbocycles. The van der Waals surface area contributed by atoms with E-state index in [0.29, 0.717) is 34.5 Å². The van der Waals surface area contributed by atoms with E-state index in [9.17, 15) is 4.79 Å². The van der Waals surface area contributed by atoms with Crippen LogP contribution in [0.4, 0.5) is 5.82 Å². The van der Waals surface area contributed by atoms with Crippen molar-refractivity contribution in [2.45, 2.75) is 6.54 Å². The number of benzene rings is 3. The number of anilines is 1. The van der Waals surface area contributed by atoms with Crippen molar-refractivity contribution in [3.05, 3.63) is 83.9 Å². The number of para-hydroxylation sites is 2. The molecule has 0 aliphatic rings. The second kappa shape index (κ2) is 8.74. The minimum atomic E-state index is -0.329. The van der Waals surface area contributed by atoms with Gasteiger partial charge in [0.15, 0.2) is 5.65 Å². The summed E-state index contributed by atoms with van der Waals surface area (Å²) in [7, 11) is 3.21. The number of aromatic nitrogens is 3. The summed E-state index contributed by atoms with van der Waals surface area (Å²) in [5.74, 6) is 1.34. The van der Waals surface area contributed by atoms with Gasteiger partial charge in [0.25, 0.3) is 5.91 Å². The minimum absolute atomic E-state index is 0.255. The molecule has 0 unspecified atom stereocenters. The first-order valence-corrected chi connectivity index (χ1v) is 10.7. The van der Waals surface area contributed by atoms with Gasteiger partial charge in [-0.05, 0) is 42.0 Å². The smallest absolute Gasteiger partial charge is 0.257 e. The molecule has 0 spiro atoms. The summed E-state index contributed by atoms with van der Waals surface area (Å²) in [6, 6.07) is 22.4. The molecule has 34 heavy (non-hydrogen) atoms. The molecule has 3 aromatic carbocycles. The van der Waals surface area contributed by atoms with Crippen LogP contribution in [0.25, 0.3) is 27.9 Å². The molecule has 0 bridgehead atoms. The normalized spacial score (nSPS) is 11.0. The van der Waals surface area contributed by atoms with Crippen molar-refractivity contribution in [3.63, 3.8) is 0 Å². The zero-order chi connectivity index (χ0) is 23.7. The van der Waals surface area contributed by atoms with Gasteiger partial charge in [-0.15, -0.1) is 0 Å². The molecule has 1 amide bonds. The number of hydrogen-bond acceptors (Lipinski definition) is 6. The summed E-state index contributed by atoms with van der Waals surface area (Å²) < 4.78 is 12.3. The van der Waals surface area contributed by atoms with Crippen LogP contribution in [0.3, 0.4) is 0 Å². The second-order valence-corrected chi connectivity index (χ2v) is 7.71.